The van der Waals surface area contributed by atoms with Gasteiger partial charge in [0, 0.05) is 18.2 Å². The lowest BCUT2D eigenvalue weighted by Crippen LogP contribution is -2.22. The molecule has 150 valence electrons. The highest BCUT2D eigenvalue weighted by Gasteiger charge is 2.14. The number of rotatable bonds is 6. The summed E-state index contributed by atoms with van der Waals surface area (Å²) >= 11 is 0. The van der Waals surface area contributed by atoms with E-state index in [2.05, 4.69) is 17.4 Å². The first kappa shape index (κ1) is 19.5. The van der Waals surface area contributed by atoms with Crippen molar-refractivity contribution in [2.24, 2.45) is 0 Å². The Hall–Kier alpha value is -3.86. The molecule has 1 aromatic heterocycles. The van der Waals surface area contributed by atoms with Gasteiger partial charge in [0.05, 0.1) is 0 Å². The van der Waals surface area contributed by atoms with Crippen LogP contribution in [0.2, 0.25) is 0 Å². The van der Waals surface area contributed by atoms with E-state index < -0.39 is 0 Å². The van der Waals surface area contributed by atoms with E-state index in [1.165, 1.54) is 5.56 Å². The van der Waals surface area contributed by atoms with Crippen LogP contribution in [0.15, 0.2) is 83.4 Å². The van der Waals surface area contributed by atoms with Crippen molar-refractivity contribution in [3.63, 3.8) is 0 Å². The van der Waals surface area contributed by atoms with Gasteiger partial charge in [-0.15, -0.1) is 0 Å². The molecule has 0 aliphatic rings. The van der Waals surface area contributed by atoms with Gasteiger partial charge >= 0.3 is 0 Å². The fourth-order valence-electron chi connectivity index (χ4n) is 2.99. The first-order valence-electron chi connectivity index (χ1n) is 9.73. The second kappa shape index (κ2) is 8.66. The number of carbonyl (C=O) groups excluding carboxylic acids is 1. The molecule has 5 nitrogen and oxygen atoms in total. The van der Waals surface area contributed by atoms with E-state index >= 15 is 0 Å². The van der Waals surface area contributed by atoms with Crippen molar-refractivity contribution in [1.82, 2.24) is 10.5 Å². The fraction of sp³-hybridized carbons (Fsp3) is 0.120. The van der Waals surface area contributed by atoms with Crippen molar-refractivity contribution in [1.29, 1.82) is 0 Å². The molecule has 4 aromatic rings. The summed E-state index contributed by atoms with van der Waals surface area (Å²) in [6, 6.07) is 24.9. The van der Waals surface area contributed by atoms with Crippen LogP contribution in [0.4, 0.5) is 0 Å². The lowest BCUT2D eigenvalue weighted by atomic mass is 10.0. The topological polar surface area (TPSA) is 64.4 Å². The summed E-state index contributed by atoms with van der Waals surface area (Å²) in [4.78, 5) is 12.4. The molecule has 0 aliphatic carbocycles. The lowest BCUT2D eigenvalue weighted by molar-refractivity contribution is 0.0942. The number of hydrogen-bond donors (Lipinski definition) is 1. The van der Waals surface area contributed by atoms with Crippen molar-refractivity contribution < 1.29 is 14.1 Å². The maximum Gasteiger partial charge on any atom is 0.273 e. The minimum absolute atomic E-state index is 0.257. The molecule has 0 unspecified atom stereocenters. The Kier molecular flexibility index (Phi) is 5.61. The average Bonchev–Trinajstić information content (AvgIpc) is 3.26. The molecule has 4 rings (SSSR count). The van der Waals surface area contributed by atoms with Crippen LogP contribution in [-0.4, -0.2) is 11.1 Å². The molecule has 0 saturated carbocycles. The molecule has 1 amide bonds. The van der Waals surface area contributed by atoms with Gasteiger partial charge < -0.3 is 14.6 Å². The van der Waals surface area contributed by atoms with Crippen molar-refractivity contribution in [3.05, 3.63) is 101 Å². The van der Waals surface area contributed by atoms with Crippen molar-refractivity contribution >= 4 is 5.91 Å². The third kappa shape index (κ3) is 4.58. The molecular formula is C25H22N2O3. The zero-order chi connectivity index (χ0) is 20.9. The van der Waals surface area contributed by atoms with Gasteiger partial charge in [-0.1, -0.05) is 47.6 Å². The van der Waals surface area contributed by atoms with Gasteiger partial charge in [0.25, 0.3) is 5.91 Å². The molecule has 0 fully saturated rings. The number of para-hydroxylation sites is 1. The summed E-state index contributed by atoms with van der Waals surface area (Å²) in [5.41, 5.74) is 4.48. The quantitative estimate of drug-likeness (QED) is 0.454. The standard InChI is InChI=1S/C25H22N2O3/c1-17-8-11-20(14-18(17)2)24-15-23(27-30-24)25(28)26-16-19-9-12-22(13-10-19)29-21-6-4-3-5-7-21/h3-15H,16H2,1-2H3,(H,26,28). The normalized spacial score (nSPS) is 10.6. The Balaban J connectivity index is 1.35. The van der Waals surface area contributed by atoms with Crippen LogP contribution in [-0.2, 0) is 6.54 Å². The van der Waals surface area contributed by atoms with Gasteiger partial charge in [0.15, 0.2) is 11.5 Å². The molecule has 5 heteroatoms. The van der Waals surface area contributed by atoms with E-state index in [-0.39, 0.29) is 11.6 Å². The van der Waals surface area contributed by atoms with Gasteiger partial charge in [-0.05, 0) is 60.9 Å². The number of aromatic nitrogens is 1. The average molecular weight is 398 g/mol. The van der Waals surface area contributed by atoms with E-state index in [4.69, 9.17) is 9.26 Å². The maximum atomic E-state index is 12.4. The molecular weight excluding hydrogens is 376 g/mol. The van der Waals surface area contributed by atoms with E-state index in [9.17, 15) is 4.79 Å². The molecule has 0 atom stereocenters. The van der Waals surface area contributed by atoms with Crippen molar-refractivity contribution in [2.75, 3.05) is 0 Å². The zero-order valence-electron chi connectivity index (χ0n) is 16.9. The lowest BCUT2D eigenvalue weighted by Gasteiger charge is -2.07. The minimum Gasteiger partial charge on any atom is -0.457 e. The molecule has 30 heavy (non-hydrogen) atoms. The third-order valence-electron chi connectivity index (χ3n) is 4.89. The summed E-state index contributed by atoms with van der Waals surface area (Å²) < 4.78 is 11.1. The van der Waals surface area contributed by atoms with Crippen LogP contribution in [0.1, 0.15) is 27.2 Å². The molecule has 0 spiro atoms. The second-order valence-electron chi connectivity index (χ2n) is 7.12. The molecule has 0 aliphatic heterocycles. The first-order chi connectivity index (χ1) is 14.6. The van der Waals surface area contributed by atoms with Crippen molar-refractivity contribution in [3.8, 4) is 22.8 Å². The summed E-state index contributed by atoms with van der Waals surface area (Å²) in [7, 11) is 0. The van der Waals surface area contributed by atoms with Gasteiger partial charge in [-0.2, -0.15) is 0 Å². The Bertz CT molecular complexity index is 1150. The van der Waals surface area contributed by atoms with Crippen LogP contribution >= 0.6 is 0 Å². The van der Waals surface area contributed by atoms with Gasteiger partial charge in [0.2, 0.25) is 0 Å². The summed E-state index contributed by atoms with van der Waals surface area (Å²) in [6.07, 6.45) is 0. The zero-order valence-corrected chi connectivity index (χ0v) is 16.9. The minimum atomic E-state index is -0.279. The summed E-state index contributed by atoms with van der Waals surface area (Å²) in [5.74, 6) is 1.82. The smallest absolute Gasteiger partial charge is 0.273 e. The summed E-state index contributed by atoms with van der Waals surface area (Å²) in [5, 5.41) is 6.78. The van der Waals surface area contributed by atoms with E-state index in [0.717, 1.165) is 28.2 Å². The number of aryl methyl sites for hydroxylation is 2. The van der Waals surface area contributed by atoms with Crippen LogP contribution in [0.5, 0.6) is 11.5 Å². The summed E-state index contributed by atoms with van der Waals surface area (Å²) in [6.45, 7) is 4.48. The van der Waals surface area contributed by atoms with Gasteiger partial charge in [0.1, 0.15) is 11.5 Å². The largest absolute Gasteiger partial charge is 0.457 e. The Morgan fingerprint density at radius 3 is 2.37 bits per heavy atom. The van der Waals surface area contributed by atoms with Crippen LogP contribution in [0.25, 0.3) is 11.3 Å². The maximum absolute atomic E-state index is 12.4. The number of nitrogens with one attached hydrogen (secondary N) is 1. The Morgan fingerprint density at radius 2 is 1.63 bits per heavy atom. The number of benzene rings is 3. The van der Waals surface area contributed by atoms with Gasteiger partial charge in [-0.3, -0.25) is 4.79 Å². The molecule has 3 aromatic carbocycles. The monoisotopic (exact) mass is 398 g/mol. The number of carbonyl (C=O) groups is 1. The number of hydrogen-bond acceptors (Lipinski definition) is 4. The highest BCUT2D eigenvalue weighted by molar-refractivity contribution is 5.93. The molecule has 0 bridgehead atoms. The van der Waals surface area contributed by atoms with E-state index in [0.29, 0.717) is 12.3 Å². The van der Waals surface area contributed by atoms with E-state index in [1.807, 2.05) is 79.7 Å². The fourth-order valence-corrected chi connectivity index (χ4v) is 2.99. The van der Waals surface area contributed by atoms with Gasteiger partial charge in [-0.25, -0.2) is 0 Å². The molecule has 0 radical (unpaired) electrons. The number of amides is 1. The van der Waals surface area contributed by atoms with Crippen molar-refractivity contribution in [2.45, 2.75) is 20.4 Å². The molecule has 1 heterocycles. The SMILES string of the molecule is Cc1ccc(-c2cc(C(=O)NCc3ccc(Oc4ccccc4)cc3)no2)cc1C. The second-order valence-corrected chi connectivity index (χ2v) is 7.12. The molecule has 0 saturated heterocycles. The third-order valence-corrected chi connectivity index (χ3v) is 4.89. The van der Waals surface area contributed by atoms with Crippen LogP contribution < -0.4 is 10.1 Å². The highest BCUT2D eigenvalue weighted by Crippen LogP contribution is 2.23. The van der Waals surface area contributed by atoms with Crippen LogP contribution in [0.3, 0.4) is 0 Å². The number of ether oxygens (including phenoxy) is 1. The predicted molar refractivity (Wildman–Crippen MR) is 116 cm³/mol. The highest BCUT2D eigenvalue weighted by atomic mass is 16.5. The predicted octanol–water partition coefficient (Wildman–Crippen LogP) is 5.68. The Morgan fingerprint density at radius 1 is 0.900 bits per heavy atom. The molecule has 1 N–H and O–H groups in total. The Labute approximate surface area is 175 Å². The van der Waals surface area contributed by atoms with E-state index in [1.54, 1.807) is 6.07 Å². The first-order valence-corrected chi connectivity index (χ1v) is 9.73. The van der Waals surface area contributed by atoms with Crippen LogP contribution in [0, 0.1) is 13.8 Å². The number of nitrogens with zero attached hydrogens (tertiary/aromatic N) is 1.